The van der Waals surface area contributed by atoms with Crippen LogP contribution < -0.4 is 5.32 Å². The first-order valence-electron chi connectivity index (χ1n) is 8.94. The van der Waals surface area contributed by atoms with Gasteiger partial charge < -0.3 is 15.2 Å². The number of piperidine rings is 1. The third-order valence-corrected chi connectivity index (χ3v) is 5.18. The molecular formula is C19H26ClN3O. The number of H-pyrrole nitrogens is 1. The Bertz CT molecular complexity index is 689. The first kappa shape index (κ1) is 17.3. The van der Waals surface area contributed by atoms with Gasteiger partial charge in [0, 0.05) is 28.7 Å². The average molecular weight is 348 g/mol. The molecule has 0 saturated carbocycles. The fraction of sp³-hybridized carbons (Fsp3) is 0.526. The van der Waals surface area contributed by atoms with Crippen molar-refractivity contribution in [3.05, 3.63) is 35.0 Å². The fourth-order valence-electron chi connectivity index (χ4n) is 3.45. The van der Waals surface area contributed by atoms with Crippen molar-refractivity contribution >= 4 is 28.4 Å². The molecule has 1 aliphatic heterocycles. The van der Waals surface area contributed by atoms with Gasteiger partial charge in [-0.2, -0.15) is 0 Å². The lowest BCUT2D eigenvalue weighted by Crippen LogP contribution is -2.39. The monoisotopic (exact) mass is 347 g/mol. The van der Waals surface area contributed by atoms with E-state index in [1.807, 2.05) is 18.3 Å². The summed E-state index contributed by atoms with van der Waals surface area (Å²) in [6.07, 6.45) is 6.70. The molecule has 1 amide bonds. The number of carbonyl (C=O) groups excluding carboxylic acids is 1. The van der Waals surface area contributed by atoms with Gasteiger partial charge in [0.2, 0.25) is 0 Å². The lowest BCUT2D eigenvalue weighted by molar-refractivity contribution is 0.0937. The van der Waals surface area contributed by atoms with Gasteiger partial charge in [-0.25, -0.2) is 0 Å². The van der Waals surface area contributed by atoms with E-state index in [0.29, 0.717) is 16.5 Å². The molecule has 0 atom stereocenters. The Hall–Kier alpha value is -1.52. The molecule has 130 valence electrons. The van der Waals surface area contributed by atoms with Crippen molar-refractivity contribution in [2.75, 3.05) is 26.2 Å². The van der Waals surface area contributed by atoms with Gasteiger partial charge in [0.25, 0.3) is 5.91 Å². The van der Waals surface area contributed by atoms with Crippen molar-refractivity contribution in [3.63, 3.8) is 0 Å². The number of likely N-dealkylation sites (tertiary alicyclic amines) is 1. The van der Waals surface area contributed by atoms with E-state index >= 15 is 0 Å². The number of unbranched alkanes of at least 4 members (excludes halogenated alkanes) is 1. The summed E-state index contributed by atoms with van der Waals surface area (Å²) in [7, 11) is 0. The second kappa shape index (κ2) is 8.04. The van der Waals surface area contributed by atoms with Crippen molar-refractivity contribution in [3.8, 4) is 0 Å². The van der Waals surface area contributed by atoms with Gasteiger partial charge in [-0.3, -0.25) is 4.79 Å². The van der Waals surface area contributed by atoms with Gasteiger partial charge in [0.1, 0.15) is 0 Å². The van der Waals surface area contributed by atoms with Crippen LogP contribution in [0.5, 0.6) is 0 Å². The Morgan fingerprint density at radius 3 is 2.92 bits per heavy atom. The number of nitrogens with zero attached hydrogens (tertiary/aromatic N) is 1. The Kier molecular flexibility index (Phi) is 5.80. The van der Waals surface area contributed by atoms with Crippen LogP contribution in [-0.4, -0.2) is 42.0 Å². The number of halogens is 1. The van der Waals surface area contributed by atoms with Crippen LogP contribution in [-0.2, 0) is 0 Å². The Balaban J connectivity index is 1.53. The van der Waals surface area contributed by atoms with Crippen LogP contribution in [0, 0.1) is 5.92 Å². The molecule has 1 fully saturated rings. The highest BCUT2D eigenvalue weighted by molar-refractivity contribution is 6.32. The van der Waals surface area contributed by atoms with E-state index in [9.17, 15) is 4.79 Å². The highest BCUT2D eigenvalue weighted by Gasteiger charge is 2.20. The van der Waals surface area contributed by atoms with E-state index < -0.39 is 0 Å². The maximum atomic E-state index is 12.6. The summed E-state index contributed by atoms with van der Waals surface area (Å²) in [5.74, 6) is 0.545. The summed E-state index contributed by atoms with van der Waals surface area (Å²) in [6.45, 7) is 6.50. The van der Waals surface area contributed by atoms with Gasteiger partial charge in [-0.15, -0.1) is 0 Å². The molecule has 3 rings (SSSR count). The summed E-state index contributed by atoms with van der Waals surface area (Å²) >= 11 is 6.13. The third-order valence-electron chi connectivity index (χ3n) is 4.96. The van der Waals surface area contributed by atoms with Crippen molar-refractivity contribution in [2.24, 2.45) is 5.92 Å². The molecule has 2 heterocycles. The van der Waals surface area contributed by atoms with E-state index in [2.05, 4.69) is 22.1 Å². The van der Waals surface area contributed by atoms with Crippen LogP contribution in [0.3, 0.4) is 0 Å². The maximum Gasteiger partial charge on any atom is 0.252 e. The molecule has 1 aromatic carbocycles. The fourth-order valence-corrected chi connectivity index (χ4v) is 3.67. The van der Waals surface area contributed by atoms with Gasteiger partial charge in [-0.05, 0) is 63.0 Å². The summed E-state index contributed by atoms with van der Waals surface area (Å²) < 4.78 is 0. The van der Waals surface area contributed by atoms with Gasteiger partial charge >= 0.3 is 0 Å². The zero-order valence-corrected chi connectivity index (χ0v) is 15.0. The molecule has 1 saturated heterocycles. The van der Waals surface area contributed by atoms with Crippen LogP contribution in [0.15, 0.2) is 24.4 Å². The molecule has 0 aliphatic carbocycles. The number of carbonyl (C=O) groups is 1. The van der Waals surface area contributed by atoms with Crippen LogP contribution >= 0.6 is 11.6 Å². The molecule has 5 heteroatoms. The highest BCUT2D eigenvalue weighted by Crippen LogP contribution is 2.23. The molecule has 0 radical (unpaired) electrons. The van der Waals surface area contributed by atoms with E-state index in [4.69, 9.17) is 11.6 Å². The second-order valence-corrected chi connectivity index (χ2v) is 7.18. The van der Waals surface area contributed by atoms with E-state index in [-0.39, 0.29) is 5.91 Å². The summed E-state index contributed by atoms with van der Waals surface area (Å²) in [4.78, 5) is 18.2. The van der Waals surface area contributed by atoms with Gasteiger partial charge in [0.15, 0.2) is 0 Å². The molecule has 24 heavy (non-hydrogen) atoms. The second-order valence-electron chi connectivity index (χ2n) is 6.74. The molecular weight excluding hydrogens is 322 g/mol. The maximum absolute atomic E-state index is 12.6. The first-order valence-corrected chi connectivity index (χ1v) is 9.32. The summed E-state index contributed by atoms with van der Waals surface area (Å²) in [5, 5.41) is 4.61. The average Bonchev–Trinajstić information content (AvgIpc) is 3.06. The molecule has 1 aliphatic rings. The number of amides is 1. The Labute approximate surface area is 148 Å². The number of hydrogen-bond acceptors (Lipinski definition) is 2. The topological polar surface area (TPSA) is 48.1 Å². The lowest BCUT2D eigenvalue weighted by Gasteiger charge is -2.31. The SMILES string of the molecule is CCCCN1CCC(CNC(=O)c2cc(Cl)cc3[nH]ccc23)CC1. The van der Waals surface area contributed by atoms with Gasteiger partial charge in [-0.1, -0.05) is 24.9 Å². The Morgan fingerprint density at radius 1 is 1.38 bits per heavy atom. The van der Waals surface area contributed by atoms with Gasteiger partial charge in [0.05, 0.1) is 5.56 Å². The van der Waals surface area contributed by atoms with Crippen molar-refractivity contribution < 1.29 is 4.79 Å². The highest BCUT2D eigenvalue weighted by atomic mass is 35.5. The quantitative estimate of drug-likeness (QED) is 0.827. The van der Waals surface area contributed by atoms with Crippen molar-refractivity contribution in [1.29, 1.82) is 0 Å². The summed E-state index contributed by atoms with van der Waals surface area (Å²) in [5.41, 5.74) is 1.55. The predicted octanol–water partition coefficient (Wildman–Crippen LogP) is 4.06. The van der Waals surface area contributed by atoms with Crippen LogP contribution in [0.1, 0.15) is 43.0 Å². The number of aromatic nitrogens is 1. The van der Waals surface area contributed by atoms with Crippen LogP contribution in [0.4, 0.5) is 0 Å². The largest absolute Gasteiger partial charge is 0.361 e. The minimum atomic E-state index is -0.0319. The zero-order chi connectivity index (χ0) is 16.9. The minimum absolute atomic E-state index is 0.0319. The molecule has 0 unspecified atom stereocenters. The molecule has 0 bridgehead atoms. The number of rotatable bonds is 6. The molecule has 2 N–H and O–H groups in total. The smallest absolute Gasteiger partial charge is 0.252 e. The number of benzene rings is 1. The minimum Gasteiger partial charge on any atom is -0.361 e. The van der Waals surface area contributed by atoms with E-state index in [0.717, 1.165) is 30.5 Å². The molecule has 1 aromatic heterocycles. The lowest BCUT2D eigenvalue weighted by atomic mass is 9.96. The van der Waals surface area contributed by atoms with E-state index in [1.54, 1.807) is 6.07 Å². The van der Waals surface area contributed by atoms with Crippen LogP contribution in [0.2, 0.25) is 5.02 Å². The third kappa shape index (κ3) is 4.11. The molecule has 0 spiro atoms. The standard InChI is InChI=1S/C19H26ClN3O/c1-2-3-8-23-9-5-14(6-10-23)13-22-19(24)17-11-15(20)12-18-16(17)4-7-21-18/h4,7,11-12,14,21H,2-3,5-6,8-10,13H2,1H3,(H,22,24). The van der Waals surface area contributed by atoms with Crippen molar-refractivity contribution in [1.82, 2.24) is 15.2 Å². The zero-order valence-electron chi connectivity index (χ0n) is 14.3. The van der Waals surface area contributed by atoms with Crippen molar-refractivity contribution in [2.45, 2.75) is 32.6 Å². The number of fused-ring (bicyclic) bond motifs is 1. The van der Waals surface area contributed by atoms with Crippen LogP contribution in [0.25, 0.3) is 10.9 Å². The summed E-state index contributed by atoms with van der Waals surface area (Å²) in [6, 6.07) is 5.52. The number of nitrogens with one attached hydrogen (secondary N) is 2. The number of aromatic amines is 1. The number of hydrogen-bond donors (Lipinski definition) is 2. The predicted molar refractivity (Wildman–Crippen MR) is 99.7 cm³/mol. The molecule has 2 aromatic rings. The Morgan fingerprint density at radius 2 is 2.17 bits per heavy atom. The normalized spacial score (nSPS) is 16.6. The molecule has 4 nitrogen and oxygen atoms in total. The first-order chi connectivity index (χ1) is 11.7. The van der Waals surface area contributed by atoms with E-state index in [1.165, 1.54) is 32.2 Å².